The van der Waals surface area contributed by atoms with E-state index in [2.05, 4.69) is 10.6 Å². The summed E-state index contributed by atoms with van der Waals surface area (Å²) < 4.78 is 0. The molecule has 1 heterocycles. The summed E-state index contributed by atoms with van der Waals surface area (Å²) in [6, 6.07) is 3.80. The van der Waals surface area contributed by atoms with Crippen molar-refractivity contribution in [1.82, 2.24) is 5.32 Å². The maximum atomic E-state index is 11.9. The third-order valence-corrected chi connectivity index (χ3v) is 5.14. The predicted octanol–water partition coefficient (Wildman–Crippen LogP) is 2.28. The summed E-state index contributed by atoms with van der Waals surface area (Å²) in [4.78, 5) is 11.9. The van der Waals surface area contributed by atoms with Gasteiger partial charge in [0.15, 0.2) is 0 Å². The van der Waals surface area contributed by atoms with Crippen LogP contribution < -0.4 is 10.6 Å². The first kappa shape index (κ1) is 12.0. The fourth-order valence-electron chi connectivity index (χ4n) is 3.55. The number of anilines is 1. The zero-order chi connectivity index (χ0) is 12.5. The molecule has 4 atom stereocenters. The van der Waals surface area contributed by atoms with Crippen LogP contribution in [-0.4, -0.2) is 23.8 Å². The Morgan fingerprint density at radius 3 is 3.00 bits per heavy atom. The molecule has 2 bridgehead atoms. The van der Waals surface area contributed by atoms with Crippen molar-refractivity contribution in [3.8, 4) is 0 Å². The highest BCUT2D eigenvalue weighted by atomic mass is 32.1. The van der Waals surface area contributed by atoms with E-state index in [1.54, 1.807) is 0 Å². The number of fused-ring (bicyclic) bond motifs is 2. The van der Waals surface area contributed by atoms with E-state index in [0.717, 1.165) is 11.4 Å². The van der Waals surface area contributed by atoms with Crippen LogP contribution in [0.4, 0.5) is 9.80 Å². The highest BCUT2D eigenvalue weighted by molar-refractivity contribution is 7.14. The quantitative estimate of drug-likeness (QED) is 0.786. The van der Waals surface area contributed by atoms with Crippen molar-refractivity contribution in [2.45, 2.75) is 25.3 Å². The van der Waals surface area contributed by atoms with Gasteiger partial charge in [0.2, 0.25) is 0 Å². The zero-order valence-electron chi connectivity index (χ0n) is 10.1. The van der Waals surface area contributed by atoms with Crippen LogP contribution in [-0.2, 0) is 0 Å². The molecule has 1 aromatic rings. The molecule has 3 N–H and O–H groups in total. The number of hydrogen-bond donors (Lipinski definition) is 3. The van der Waals surface area contributed by atoms with Crippen LogP contribution in [0.15, 0.2) is 17.5 Å². The molecule has 2 aliphatic carbocycles. The number of thiophene rings is 1. The summed E-state index contributed by atoms with van der Waals surface area (Å²) in [5, 5.41) is 18.1. The Balaban J connectivity index is 1.60. The lowest BCUT2D eigenvalue weighted by molar-refractivity contribution is 0.146. The minimum atomic E-state index is -0.145. The van der Waals surface area contributed by atoms with Gasteiger partial charge >= 0.3 is 6.03 Å². The maximum Gasteiger partial charge on any atom is 0.320 e. The first-order chi connectivity index (χ1) is 8.78. The predicted molar refractivity (Wildman–Crippen MR) is 71.7 cm³/mol. The first-order valence-corrected chi connectivity index (χ1v) is 7.38. The zero-order valence-corrected chi connectivity index (χ0v) is 11.0. The van der Waals surface area contributed by atoms with Crippen LogP contribution in [0.5, 0.6) is 0 Å². The van der Waals surface area contributed by atoms with Gasteiger partial charge < -0.3 is 10.4 Å². The number of amides is 2. The van der Waals surface area contributed by atoms with E-state index < -0.39 is 0 Å². The van der Waals surface area contributed by atoms with Crippen LogP contribution in [0, 0.1) is 17.8 Å². The number of rotatable bonds is 3. The lowest BCUT2D eigenvalue weighted by Gasteiger charge is -2.30. The Morgan fingerprint density at radius 1 is 1.44 bits per heavy atom. The minimum Gasteiger partial charge on any atom is -0.396 e. The largest absolute Gasteiger partial charge is 0.396 e. The van der Waals surface area contributed by atoms with Crippen molar-refractivity contribution in [3.05, 3.63) is 17.5 Å². The lowest BCUT2D eigenvalue weighted by Crippen LogP contribution is -2.46. The lowest BCUT2D eigenvalue weighted by atomic mass is 9.85. The molecule has 0 aromatic carbocycles. The number of carbonyl (C=O) groups excluding carboxylic acids is 1. The van der Waals surface area contributed by atoms with Crippen LogP contribution in [0.3, 0.4) is 0 Å². The van der Waals surface area contributed by atoms with Gasteiger partial charge in [-0.15, -0.1) is 11.3 Å². The Kier molecular flexibility index (Phi) is 3.26. The average Bonchev–Trinajstić information content (AvgIpc) is 3.04. The van der Waals surface area contributed by atoms with Crippen LogP contribution >= 0.6 is 11.3 Å². The summed E-state index contributed by atoms with van der Waals surface area (Å²) in [6.07, 6.45) is 3.56. The Bertz CT molecular complexity index is 421. The van der Waals surface area contributed by atoms with E-state index in [0.29, 0.717) is 11.8 Å². The fraction of sp³-hybridized carbons (Fsp3) is 0.615. The molecular formula is C13H18N2O2S. The summed E-state index contributed by atoms with van der Waals surface area (Å²) >= 11 is 1.51. The number of carbonyl (C=O) groups is 1. The SMILES string of the molecule is O=C(Nc1cccs1)NC1C2CCC(C2)C1CO. The van der Waals surface area contributed by atoms with Crippen molar-refractivity contribution >= 4 is 22.4 Å². The van der Waals surface area contributed by atoms with E-state index >= 15 is 0 Å². The molecule has 2 aliphatic rings. The van der Waals surface area contributed by atoms with Crippen LogP contribution in [0.25, 0.3) is 0 Å². The third-order valence-electron chi connectivity index (χ3n) is 4.35. The third kappa shape index (κ3) is 2.12. The van der Waals surface area contributed by atoms with Crippen molar-refractivity contribution < 1.29 is 9.90 Å². The molecule has 0 saturated heterocycles. The van der Waals surface area contributed by atoms with Gasteiger partial charge in [-0.25, -0.2) is 4.79 Å². The van der Waals surface area contributed by atoms with Gasteiger partial charge in [-0.05, 0) is 48.6 Å². The van der Waals surface area contributed by atoms with Gasteiger partial charge in [0.1, 0.15) is 0 Å². The van der Waals surface area contributed by atoms with E-state index in [1.807, 2.05) is 17.5 Å². The fourth-order valence-corrected chi connectivity index (χ4v) is 4.16. The molecule has 4 unspecified atom stereocenters. The molecule has 0 aliphatic heterocycles. The smallest absolute Gasteiger partial charge is 0.320 e. The number of aliphatic hydroxyl groups is 1. The molecule has 18 heavy (non-hydrogen) atoms. The van der Waals surface area contributed by atoms with E-state index in [4.69, 9.17) is 0 Å². The molecular weight excluding hydrogens is 248 g/mol. The average molecular weight is 266 g/mol. The Hall–Kier alpha value is -1.07. The molecule has 4 nitrogen and oxygen atoms in total. The molecule has 1 aromatic heterocycles. The topological polar surface area (TPSA) is 61.4 Å². The molecule has 98 valence electrons. The van der Waals surface area contributed by atoms with Crippen molar-refractivity contribution in [3.63, 3.8) is 0 Å². The second-order valence-electron chi connectivity index (χ2n) is 5.28. The van der Waals surface area contributed by atoms with Gasteiger partial charge in [-0.1, -0.05) is 0 Å². The van der Waals surface area contributed by atoms with Crippen molar-refractivity contribution in [2.24, 2.45) is 17.8 Å². The molecule has 3 rings (SSSR count). The summed E-state index contributed by atoms with van der Waals surface area (Å²) in [5.41, 5.74) is 0. The molecule has 2 saturated carbocycles. The number of nitrogens with one attached hydrogen (secondary N) is 2. The molecule has 0 radical (unpaired) electrons. The summed E-state index contributed by atoms with van der Waals surface area (Å²) in [7, 11) is 0. The number of urea groups is 1. The van der Waals surface area contributed by atoms with Crippen LogP contribution in [0.2, 0.25) is 0 Å². The monoisotopic (exact) mass is 266 g/mol. The second-order valence-corrected chi connectivity index (χ2v) is 6.23. The number of hydrogen-bond acceptors (Lipinski definition) is 3. The normalized spacial score (nSPS) is 33.6. The van der Waals surface area contributed by atoms with Gasteiger partial charge in [0.05, 0.1) is 5.00 Å². The Morgan fingerprint density at radius 2 is 2.28 bits per heavy atom. The highest BCUT2D eigenvalue weighted by Gasteiger charge is 2.47. The van der Waals surface area contributed by atoms with Crippen LogP contribution in [0.1, 0.15) is 19.3 Å². The standard InChI is InChI=1S/C13H18N2O2S/c16-7-10-8-3-4-9(6-8)12(10)15-13(17)14-11-2-1-5-18-11/h1-2,5,8-10,12,16H,3-4,6-7H2,(H2,14,15,17). The van der Waals surface area contributed by atoms with Crippen molar-refractivity contribution in [1.29, 1.82) is 0 Å². The Labute approximate surface area is 110 Å². The molecule has 2 amide bonds. The van der Waals surface area contributed by atoms with Gasteiger partial charge in [-0.2, -0.15) is 0 Å². The van der Waals surface area contributed by atoms with E-state index in [9.17, 15) is 9.90 Å². The van der Waals surface area contributed by atoms with Crippen molar-refractivity contribution in [2.75, 3.05) is 11.9 Å². The molecule has 2 fully saturated rings. The van der Waals surface area contributed by atoms with Gasteiger partial charge in [0, 0.05) is 18.6 Å². The molecule has 5 heteroatoms. The molecule has 0 spiro atoms. The summed E-state index contributed by atoms with van der Waals surface area (Å²) in [6.45, 7) is 0.186. The van der Waals surface area contributed by atoms with Gasteiger partial charge in [0.25, 0.3) is 0 Å². The maximum absolute atomic E-state index is 11.9. The highest BCUT2D eigenvalue weighted by Crippen LogP contribution is 2.48. The van der Waals surface area contributed by atoms with E-state index in [-0.39, 0.29) is 24.6 Å². The van der Waals surface area contributed by atoms with Gasteiger partial charge in [-0.3, -0.25) is 5.32 Å². The summed E-state index contributed by atoms with van der Waals surface area (Å²) in [5.74, 6) is 1.41. The van der Waals surface area contributed by atoms with E-state index in [1.165, 1.54) is 24.2 Å². The first-order valence-electron chi connectivity index (χ1n) is 6.50. The minimum absolute atomic E-state index is 0.145. The number of aliphatic hydroxyl groups excluding tert-OH is 1. The second kappa shape index (κ2) is 4.90.